The van der Waals surface area contributed by atoms with Crippen molar-refractivity contribution >= 4 is 46.1 Å². The number of halogens is 2. The second-order valence-corrected chi connectivity index (χ2v) is 9.10. The van der Waals surface area contributed by atoms with Gasteiger partial charge in [-0.15, -0.1) is 11.3 Å². The SMILES string of the molecule is COc1cc2c(cc1OC)[C@@H](c1cccs1)N(CC(=O)Nc1cc(Cl)cc(Cl)c1)CC2. The fourth-order valence-electron chi connectivity index (χ4n) is 3.96. The molecule has 31 heavy (non-hydrogen) atoms. The van der Waals surface area contributed by atoms with Crippen LogP contribution in [0.5, 0.6) is 11.5 Å². The van der Waals surface area contributed by atoms with E-state index < -0.39 is 0 Å². The summed E-state index contributed by atoms with van der Waals surface area (Å²) in [6.45, 7) is 0.981. The van der Waals surface area contributed by atoms with E-state index in [9.17, 15) is 4.79 Å². The summed E-state index contributed by atoms with van der Waals surface area (Å²) in [4.78, 5) is 16.2. The van der Waals surface area contributed by atoms with Gasteiger partial charge in [0.1, 0.15) is 0 Å². The molecule has 3 aromatic rings. The zero-order chi connectivity index (χ0) is 22.0. The number of methoxy groups -OCH3 is 2. The Labute approximate surface area is 195 Å². The zero-order valence-electron chi connectivity index (χ0n) is 17.2. The largest absolute Gasteiger partial charge is 0.493 e. The molecule has 1 amide bonds. The lowest BCUT2D eigenvalue weighted by Gasteiger charge is -2.37. The molecular formula is C23H22Cl2N2O3S. The minimum absolute atomic E-state index is 0.0442. The number of benzene rings is 2. The number of rotatable bonds is 6. The Bertz CT molecular complexity index is 1070. The molecule has 4 rings (SSSR count). The number of anilines is 1. The smallest absolute Gasteiger partial charge is 0.238 e. The van der Waals surface area contributed by atoms with Gasteiger partial charge < -0.3 is 14.8 Å². The number of carbonyl (C=O) groups excluding carboxylic acids is 1. The van der Waals surface area contributed by atoms with E-state index in [0.717, 1.165) is 24.3 Å². The Morgan fingerprint density at radius 1 is 1.13 bits per heavy atom. The Morgan fingerprint density at radius 3 is 2.48 bits per heavy atom. The molecule has 0 fully saturated rings. The third-order valence-electron chi connectivity index (χ3n) is 5.28. The molecule has 2 aromatic carbocycles. The third kappa shape index (κ3) is 4.83. The molecule has 162 valence electrons. The van der Waals surface area contributed by atoms with Crippen LogP contribution in [0.15, 0.2) is 47.8 Å². The number of nitrogens with zero attached hydrogens (tertiary/aromatic N) is 1. The first-order valence-corrected chi connectivity index (χ1v) is 11.4. The number of hydrogen-bond acceptors (Lipinski definition) is 5. The Kier molecular flexibility index (Phi) is 6.72. The molecule has 0 radical (unpaired) electrons. The quantitative estimate of drug-likeness (QED) is 0.498. The highest BCUT2D eigenvalue weighted by molar-refractivity contribution is 7.10. The molecule has 5 nitrogen and oxygen atoms in total. The van der Waals surface area contributed by atoms with Crippen LogP contribution in [0, 0.1) is 0 Å². The van der Waals surface area contributed by atoms with Crippen LogP contribution in [0.2, 0.25) is 10.0 Å². The molecule has 0 spiro atoms. The monoisotopic (exact) mass is 476 g/mol. The van der Waals surface area contributed by atoms with Crippen LogP contribution in [0.4, 0.5) is 5.69 Å². The van der Waals surface area contributed by atoms with E-state index in [4.69, 9.17) is 32.7 Å². The maximum absolute atomic E-state index is 12.9. The van der Waals surface area contributed by atoms with Gasteiger partial charge in [0.25, 0.3) is 0 Å². The minimum Gasteiger partial charge on any atom is -0.493 e. The van der Waals surface area contributed by atoms with E-state index in [1.807, 2.05) is 18.2 Å². The maximum Gasteiger partial charge on any atom is 0.238 e. The number of hydrogen-bond donors (Lipinski definition) is 1. The van der Waals surface area contributed by atoms with Crippen molar-refractivity contribution in [3.8, 4) is 11.5 Å². The average Bonchev–Trinajstić information content (AvgIpc) is 3.26. The van der Waals surface area contributed by atoms with Gasteiger partial charge in [-0.25, -0.2) is 0 Å². The highest BCUT2D eigenvalue weighted by atomic mass is 35.5. The molecular weight excluding hydrogens is 455 g/mol. The van der Waals surface area contributed by atoms with Crippen LogP contribution in [-0.2, 0) is 11.2 Å². The molecule has 1 aromatic heterocycles. The Balaban J connectivity index is 1.62. The summed E-state index contributed by atoms with van der Waals surface area (Å²) in [5.74, 6) is 1.28. The molecule has 8 heteroatoms. The van der Waals surface area contributed by atoms with Gasteiger partial charge in [-0.3, -0.25) is 9.69 Å². The molecule has 2 heterocycles. The fourth-order valence-corrected chi connectivity index (χ4v) is 5.36. The summed E-state index contributed by atoms with van der Waals surface area (Å²) < 4.78 is 11.0. The van der Waals surface area contributed by atoms with Crippen LogP contribution in [0.1, 0.15) is 22.0 Å². The van der Waals surface area contributed by atoms with Crippen molar-refractivity contribution in [2.45, 2.75) is 12.5 Å². The van der Waals surface area contributed by atoms with E-state index >= 15 is 0 Å². The molecule has 0 aliphatic carbocycles. The van der Waals surface area contributed by atoms with Crippen LogP contribution in [0.25, 0.3) is 0 Å². The average molecular weight is 477 g/mol. The predicted octanol–water partition coefficient (Wildman–Crippen LogP) is 5.66. The molecule has 0 saturated heterocycles. The first-order valence-electron chi connectivity index (χ1n) is 9.76. The lowest BCUT2D eigenvalue weighted by atomic mass is 9.91. The van der Waals surface area contributed by atoms with E-state index in [1.165, 1.54) is 10.4 Å². The second kappa shape index (κ2) is 9.49. The van der Waals surface area contributed by atoms with Crippen LogP contribution in [-0.4, -0.2) is 38.1 Å². The fraction of sp³-hybridized carbons (Fsp3) is 0.261. The summed E-state index contributed by atoms with van der Waals surface area (Å²) >= 11 is 13.8. The molecule has 1 N–H and O–H groups in total. The van der Waals surface area contributed by atoms with Gasteiger partial charge in [0, 0.05) is 27.2 Å². The normalized spacial score (nSPS) is 15.9. The summed E-state index contributed by atoms with van der Waals surface area (Å²) in [7, 11) is 3.27. The van der Waals surface area contributed by atoms with Gasteiger partial charge in [0.05, 0.1) is 26.8 Å². The summed E-state index contributed by atoms with van der Waals surface area (Å²) in [5, 5.41) is 5.92. The first-order chi connectivity index (χ1) is 15.0. The van der Waals surface area contributed by atoms with Gasteiger partial charge >= 0.3 is 0 Å². The highest BCUT2D eigenvalue weighted by Crippen LogP contribution is 2.42. The molecule has 1 atom stereocenters. The van der Waals surface area contributed by atoms with Crippen molar-refractivity contribution in [2.24, 2.45) is 0 Å². The summed E-state index contributed by atoms with van der Waals surface area (Å²) in [6.07, 6.45) is 0.813. The number of fused-ring (bicyclic) bond motifs is 1. The van der Waals surface area contributed by atoms with Gasteiger partial charge in [0.15, 0.2) is 11.5 Å². The minimum atomic E-state index is -0.121. The van der Waals surface area contributed by atoms with Crippen molar-refractivity contribution in [3.63, 3.8) is 0 Å². The molecule has 1 aliphatic rings. The number of carbonyl (C=O) groups is 1. The maximum atomic E-state index is 12.9. The number of ether oxygens (including phenoxy) is 2. The van der Waals surface area contributed by atoms with Crippen LogP contribution in [0.3, 0.4) is 0 Å². The van der Waals surface area contributed by atoms with E-state index in [0.29, 0.717) is 21.5 Å². The van der Waals surface area contributed by atoms with Gasteiger partial charge in [-0.1, -0.05) is 29.3 Å². The van der Waals surface area contributed by atoms with Crippen molar-refractivity contribution in [1.82, 2.24) is 4.90 Å². The van der Waals surface area contributed by atoms with Gasteiger partial charge in [-0.2, -0.15) is 0 Å². The number of amides is 1. The topological polar surface area (TPSA) is 50.8 Å². The standard InChI is InChI=1S/C23H22Cl2N2O3S/c1-29-19-8-14-5-6-27(13-22(28)26-17-10-15(24)9-16(25)11-17)23(21-4-3-7-31-21)18(14)12-20(19)30-2/h3-4,7-12,23H,5-6,13H2,1-2H3,(H,26,28)/t23-/m0/s1. The predicted molar refractivity (Wildman–Crippen MR) is 126 cm³/mol. The van der Waals surface area contributed by atoms with Gasteiger partial charge in [0.2, 0.25) is 5.91 Å². The van der Waals surface area contributed by atoms with E-state index in [2.05, 4.69) is 21.7 Å². The summed E-state index contributed by atoms with van der Waals surface area (Å²) in [5.41, 5.74) is 2.92. The molecule has 0 saturated carbocycles. The molecule has 0 bridgehead atoms. The second-order valence-electron chi connectivity index (χ2n) is 7.25. The summed E-state index contributed by atoms with van der Waals surface area (Å²) in [6, 6.07) is 13.2. The zero-order valence-corrected chi connectivity index (χ0v) is 19.5. The van der Waals surface area contributed by atoms with Gasteiger partial charge in [-0.05, 0) is 59.3 Å². The lowest BCUT2D eigenvalue weighted by molar-refractivity contribution is -0.117. The first kappa shape index (κ1) is 22.0. The molecule has 1 aliphatic heterocycles. The van der Waals surface area contributed by atoms with Crippen molar-refractivity contribution < 1.29 is 14.3 Å². The third-order valence-corrected chi connectivity index (χ3v) is 6.64. The van der Waals surface area contributed by atoms with Crippen molar-refractivity contribution in [2.75, 3.05) is 32.6 Å². The highest BCUT2D eigenvalue weighted by Gasteiger charge is 2.32. The Morgan fingerprint density at radius 2 is 1.84 bits per heavy atom. The van der Waals surface area contributed by atoms with Crippen molar-refractivity contribution in [1.29, 1.82) is 0 Å². The lowest BCUT2D eigenvalue weighted by Crippen LogP contribution is -2.40. The van der Waals surface area contributed by atoms with E-state index in [-0.39, 0.29) is 18.5 Å². The molecule has 0 unspecified atom stereocenters. The Hall–Kier alpha value is -2.25. The number of nitrogens with one attached hydrogen (secondary N) is 1. The van der Waals surface area contributed by atoms with Crippen LogP contribution >= 0.6 is 34.5 Å². The van der Waals surface area contributed by atoms with Crippen molar-refractivity contribution in [3.05, 3.63) is 73.9 Å². The van der Waals surface area contributed by atoms with Crippen LogP contribution < -0.4 is 14.8 Å². The van der Waals surface area contributed by atoms with E-state index in [1.54, 1.807) is 43.8 Å². The number of thiophene rings is 1.